The molecule has 2 nitrogen and oxygen atoms in total. The number of hydrogen-bond acceptors (Lipinski definition) is 1. The number of aryl methyl sites for hydroxylation is 1. The average Bonchev–Trinajstić information content (AvgIpc) is 2.64. The van der Waals surface area contributed by atoms with Crippen molar-refractivity contribution in [2.24, 2.45) is 13.0 Å². The first kappa shape index (κ1) is 13.7. The maximum Gasteiger partial charge on any atom is 0.0225 e. The maximum absolute atomic E-state index is 3.74. The highest BCUT2D eigenvalue weighted by Crippen LogP contribution is 2.26. The monoisotopic (exact) mass is 248 g/mol. The zero-order valence-electron chi connectivity index (χ0n) is 12.4. The Kier molecular flexibility index (Phi) is 4.50. The minimum atomic E-state index is 0.658. The third kappa shape index (κ3) is 2.97. The molecule has 1 aliphatic carbocycles. The lowest BCUT2D eigenvalue weighted by molar-refractivity contribution is 0.280. The van der Waals surface area contributed by atoms with E-state index in [9.17, 15) is 0 Å². The molecule has 0 bridgehead atoms. The van der Waals surface area contributed by atoms with Gasteiger partial charge in [0.05, 0.1) is 0 Å². The number of hydrogen-bond donors (Lipinski definition) is 1. The average molecular weight is 248 g/mol. The Bertz CT molecular complexity index is 386. The van der Waals surface area contributed by atoms with Gasteiger partial charge in [0.2, 0.25) is 0 Å². The molecule has 1 N–H and O–H groups in total. The molecule has 0 amide bonds. The fourth-order valence-corrected chi connectivity index (χ4v) is 3.18. The van der Waals surface area contributed by atoms with Crippen LogP contribution in [-0.2, 0) is 13.6 Å². The van der Waals surface area contributed by atoms with Gasteiger partial charge < -0.3 is 9.88 Å². The predicted octanol–water partition coefficient (Wildman–Crippen LogP) is 3.70. The van der Waals surface area contributed by atoms with Crippen LogP contribution >= 0.6 is 0 Å². The molecular formula is C16H28N2. The van der Waals surface area contributed by atoms with E-state index in [1.807, 2.05) is 0 Å². The van der Waals surface area contributed by atoms with Gasteiger partial charge in [-0.05, 0) is 51.2 Å². The molecule has 0 aromatic carbocycles. The second-order valence-corrected chi connectivity index (χ2v) is 6.02. The van der Waals surface area contributed by atoms with Crippen molar-refractivity contribution in [2.45, 2.75) is 65.5 Å². The van der Waals surface area contributed by atoms with Gasteiger partial charge in [0.1, 0.15) is 0 Å². The van der Waals surface area contributed by atoms with Crippen molar-refractivity contribution in [3.8, 4) is 0 Å². The smallest absolute Gasteiger partial charge is 0.0225 e. The lowest BCUT2D eigenvalue weighted by atomic mass is 9.84. The van der Waals surface area contributed by atoms with Gasteiger partial charge in [-0.1, -0.05) is 19.3 Å². The molecule has 0 spiro atoms. The Morgan fingerprint density at radius 1 is 1.28 bits per heavy atom. The quantitative estimate of drug-likeness (QED) is 0.859. The fourth-order valence-electron chi connectivity index (χ4n) is 3.18. The lowest BCUT2D eigenvalue weighted by Crippen LogP contribution is -2.34. The third-order valence-corrected chi connectivity index (χ3v) is 4.85. The van der Waals surface area contributed by atoms with Gasteiger partial charge in [0.15, 0.2) is 0 Å². The Labute approximate surface area is 112 Å². The lowest BCUT2D eigenvalue weighted by Gasteiger charge is -2.28. The second-order valence-electron chi connectivity index (χ2n) is 6.02. The molecule has 18 heavy (non-hydrogen) atoms. The van der Waals surface area contributed by atoms with E-state index in [4.69, 9.17) is 0 Å². The largest absolute Gasteiger partial charge is 0.352 e. The van der Waals surface area contributed by atoms with Crippen molar-refractivity contribution in [3.05, 3.63) is 23.0 Å². The van der Waals surface area contributed by atoms with Crippen LogP contribution in [0.15, 0.2) is 6.07 Å². The van der Waals surface area contributed by atoms with Gasteiger partial charge in [0.25, 0.3) is 0 Å². The summed E-state index contributed by atoms with van der Waals surface area (Å²) in [4.78, 5) is 0. The number of rotatable bonds is 4. The Morgan fingerprint density at radius 2 is 1.94 bits per heavy atom. The SMILES string of the molecule is Cc1cc(CN[C@H](C)C2CCCCC2)c(C)n1C. The van der Waals surface area contributed by atoms with Crippen molar-refractivity contribution < 1.29 is 0 Å². The molecule has 1 saturated carbocycles. The maximum atomic E-state index is 3.74. The van der Waals surface area contributed by atoms with Crippen LogP contribution in [0.2, 0.25) is 0 Å². The van der Waals surface area contributed by atoms with Crippen molar-refractivity contribution in [1.82, 2.24) is 9.88 Å². The van der Waals surface area contributed by atoms with E-state index in [1.54, 1.807) is 0 Å². The zero-order chi connectivity index (χ0) is 13.1. The van der Waals surface area contributed by atoms with E-state index >= 15 is 0 Å². The third-order valence-electron chi connectivity index (χ3n) is 4.85. The summed E-state index contributed by atoms with van der Waals surface area (Å²) < 4.78 is 2.28. The molecule has 1 aliphatic rings. The van der Waals surface area contributed by atoms with Crippen molar-refractivity contribution in [1.29, 1.82) is 0 Å². The molecule has 2 rings (SSSR count). The van der Waals surface area contributed by atoms with Crippen LogP contribution in [0.3, 0.4) is 0 Å². The number of aromatic nitrogens is 1. The standard InChI is InChI=1S/C16H28N2/c1-12-10-16(14(3)18(12)4)11-17-13(2)15-8-6-5-7-9-15/h10,13,15,17H,5-9,11H2,1-4H3/t13-/m1/s1. The Morgan fingerprint density at radius 3 is 2.50 bits per heavy atom. The van der Waals surface area contributed by atoms with Crippen LogP contribution in [-0.4, -0.2) is 10.6 Å². The first-order valence-electron chi connectivity index (χ1n) is 7.44. The van der Waals surface area contributed by atoms with E-state index in [1.165, 1.54) is 49.1 Å². The summed E-state index contributed by atoms with van der Waals surface area (Å²) in [7, 11) is 2.15. The summed E-state index contributed by atoms with van der Waals surface area (Å²) >= 11 is 0. The van der Waals surface area contributed by atoms with Gasteiger partial charge >= 0.3 is 0 Å². The Balaban J connectivity index is 1.88. The number of nitrogens with zero attached hydrogens (tertiary/aromatic N) is 1. The first-order chi connectivity index (χ1) is 8.59. The van der Waals surface area contributed by atoms with Crippen LogP contribution in [0.1, 0.15) is 56.0 Å². The summed E-state index contributed by atoms with van der Waals surface area (Å²) in [6, 6.07) is 2.97. The summed E-state index contributed by atoms with van der Waals surface area (Å²) in [5.41, 5.74) is 4.21. The molecule has 0 aliphatic heterocycles. The molecule has 0 saturated heterocycles. The molecule has 1 aromatic rings. The highest BCUT2D eigenvalue weighted by molar-refractivity contribution is 5.26. The van der Waals surface area contributed by atoms with Gasteiger partial charge in [-0.15, -0.1) is 0 Å². The summed E-state index contributed by atoms with van der Waals surface area (Å²) in [5.74, 6) is 0.892. The molecule has 1 heterocycles. The van der Waals surface area contributed by atoms with Gasteiger partial charge in [0, 0.05) is 31.0 Å². The molecule has 1 aromatic heterocycles. The summed E-state index contributed by atoms with van der Waals surface area (Å²) in [5, 5.41) is 3.74. The van der Waals surface area contributed by atoms with Crippen LogP contribution < -0.4 is 5.32 Å². The fraction of sp³-hybridized carbons (Fsp3) is 0.750. The first-order valence-corrected chi connectivity index (χ1v) is 7.44. The van der Waals surface area contributed by atoms with Crippen molar-refractivity contribution in [2.75, 3.05) is 0 Å². The molecule has 1 fully saturated rings. The molecular weight excluding hydrogens is 220 g/mol. The normalized spacial score (nSPS) is 19.1. The summed E-state index contributed by atoms with van der Waals surface area (Å²) in [6.07, 6.45) is 7.14. The van der Waals surface area contributed by atoms with Crippen LogP contribution in [0.4, 0.5) is 0 Å². The highest BCUT2D eigenvalue weighted by Gasteiger charge is 2.19. The highest BCUT2D eigenvalue weighted by atomic mass is 15.0. The van der Waals surface area contributed by atoms with E-state index in [0.29, 0.717) is 6.04 Å². The summed E-state index contributed by atoms with van der Waals surface area (Å²) in [6.45, 7) is 7.78. The second kappa shape index (κ2) is 5.92. The predicted molar refractivity (Wildman–Crippen MR) is 77.8 cm³/mol. The van der Waals surface area contributed by atoms with Crippen molar-refractivity contribution >= 4 is 0 Å². The van der Waals surface area contributed by atoms with E-state index in [2.05, 4.69) is 43.8 Å². The molecule has 2 heteroatoms. The van der Waals surface area contributed by atoms with E-state index < -0.39 is 0 Å². The van der Waals surface area contributed by atoms with Crippen LogP contribution in [0.25, 0.3) is 0 Å². The topological polar surface area (TPSA) is 17.0 Å². The minimum Gasteiger partial charge on any atom is -0.352 e. The van der Waals surface area contributed by atoms with Gasteiger partial charge in [-0.25, -0.2) is 0 Å². The van der Waals surface area contributed by atoms with E-state index in [0.717, 1.165) is 12.5 Å². The molecule has 0 unspecified atom stereocenters. The zero-order valence-corrected chi connectivity index (χ0v) is 12.4. The van der Waals surface area contributed by atoms with Gasteiger partial charge in [-0.2, -0.15) is 0 Å². The van der Waals surface area contributed by atoms with Gasteiger partial charge in [-0.3, -0.25) is 0 Å². The van der Waals surface area contributed by atoms with Crippen LogP contribution in [0.5, 0.6) is 0 Å². The molecule has 0 radical (unpaired) electrons. The number of nitrogens with one attached hydrogen (secondary N) is 1. The van der Waals surface area contributed by atoms with Crippen LogP contribution in [0, 0.1) is 19.8 Å². The molecule has 102 valence electrons. The van der Waals surface area contributed by atoms with Crippen molar-refractivity contribution in [3.63, 3.8) is 0 Å². The minimum absolute atomic E-state index is 0.658. The van der Waals surface area contributed by atoms with E-state index in [-0.39, 0.29) is 0 Å². The Hall–Kier alpha value is -0.760. The molecule has 1 atom stereocenters.